The maximum absolute atomic E-state index is 13.3. The normalized spacial score (nSPS) is 14.9. The van der Waals surface area contributed by atoms with E-state index < -0.39 is 5.79 Å². The Hall–Kier alpha value is -2.51. The van der Waals surface area contributed by atoms with E-state index in [0.717, 1.165) is 5.56 Å². The monoisotopic (exact) mass is 499 g/mol. The van der Waals surface area contributed by atoms with Crippen LogP contribution >= 0.6 is 27.5 Å². The van der Waals surface area contributed by atoms with Crippen molar-refractivity contribution < 1.29 is 19.1 Å². The minimum absolute atomic E-state index is 0.120. The van der Waals surface area contributed by atoms with Gasteiger partial charge in [0.2, 0.25) is 11.7 Å². The molecule has 1 saturated heterocycles. The maximum Gasteiger partial charge on any atom is 0.235 e. The van der Waals surface area contributed by atoms with Crippen molar-refractivity contribution in [2.75, 3.05) is 23.9 Å². The smallest absolute Gasteiger partial charge is 0.235 e. The van der Waals surface area contributed by atoms with Gasteiger partial charge in [-0.05, 0) is 24.3 Å². The van der Waals surface area contributed by atoms with Gasteiger partial charge < -0.3 is 14.8 Å². The first-order valence-corrected chi connectivity index (χ1v) is 11.2. The molecule has 1 aliphatic rings. The molecule has 3 aromatic carbocycles. The molecule has 4 rings (SSSR count). The van der Waals surface area contributed by atoms with Gasteiger partial charge in [-0.3, -0.25) is 9.59 Å². The Morgan fingerprint density at radius 1 is 0.935 bits per heavy atom. The van der Waals surface area contributed by atoms with Crippen LogP contribution < -0.4 is 5.32 Å². The van der Waals surface area contributed by atoms with Gasteiger partial charge in [0.05, 0.1) is 24.2 Å². The fourth-order valence-corrected chi connectivity index (χ4v) is 3.82. The predicted molar refractivity (Wildman–Crippen MR) is 123 cm³/mol. The number of hydrogen-bond acceptors (Lipinski definition) is 4. The quantitative estimate of drug-likeness (QED) is 0.375. The molecule has 3 aromatic rings. The molecule has 5 nitrogen and oxygen atoms in total. The fraction of sp³-hybridized carbons (Fsp3) is 0.167. The number of benzene rings is 3. The number of rotatable bonds is 6. The number of nitrogens with one attached hydrogen (secondary N) is 1. The molecule has 1 amide bonds. The summed E-state index contributed by atoms with van der Waals surface area (Å²) in [6, 6.07) is 21.4. The minimum atomic E-state index is -1.16. The molecular weight excluding hydrogens is 482 g/mol. The number of ketones is 1. The average molecular weight is 501 g/mol. The van der Waals surface area contributed by atoms with Crippen molar-refractivity contribution in [2.24, 2.45) is 0 Å². The van der Waals surface area contributed by atoms with Crippen LogP contribution in [-0.2, 0) is 20.1 Å². The zero-order valence-electron chi connectivity index (χ0n) is 16.4. The van der Waals surface area contributed by atoms with E-state index in [9.17, 15) is 9.59 Å². The molecule has 0 spiro atoms. The molecule has 0 bridgehead atoms. The third-order valence-corrected chi connectivity index (χ3v) is 5.76. The molecule has 7 heteroatoms. The minimum Gasteiger partial charge on any atom is -0.340 e. The summed E-state index contributed by atoms with van der Waals surface area (Å²) in [5.74, 6) is -1.62. The Labute approximate surface area is 193 Å². The molecule has 1 fully saturated rings. The lowest BCUT2D eigenvalue weighted by atomic mass is 9.92. The average Bonchev–Trinajstić information content (AvgIpc) is 3.31. The third kappa shape index (κ3) is 4.43. The summed E-state index contributed by atoms with van der Waals surface area (Å²) < 4.78 is 12.1. The van der Waals surface area contributed by atoms with Crippen LogP contribution in [0.3, 0.4) is 0 Å². The zero-order valence-corrected chi connectivity index (χ0v) is 18.8. The standard InChI is InChI=1S/C24H19BrClNO4/c25-15-22(28)27-21-11-8-18(14-20(21)23(29)16-4-2-1-3-5-16)24(30-12-13-31-24)17-6-9-19(26)10-7-17/h1-11,14H,12-13,15H2,(H,27,28). The molecule has 0 atom stereocenters. The largest absolute Gasteiger partial charge is 0.340 e. The molecular formula is C24H19BrClNO4. The highest BCUT2D eigenvalue weighted by atomic mass is 79.9. The first-order chi connectivity index (χ1) is 15.0. The van der Waals surface area contributed by atoms with Crippen LogP contribution in [0.1, 0.15) is 27.0 Å². The second-order valence-electron chi connectivity index (χ2n) is 6.96. The second-order valence-corrected chi connectivity index (χ2v) is 7.95. The van der Waals surface area contributed by atoms with Crippen molar-refractivity contribution in [3.8, 4) is 0 Å². The van der Waals surface area contributed by atoms with Gasteiger partial charge in [0.25, 0.3) is 0 Å². The van der Waals surface area contributed by atoms with Gasteiger partial charge >= 0.3 is 0 Å². The lowest BCUT2D eigenvalue weighted by Gasteiger charge is -2.29. The van der Waals surface area contributed by atoms with Crippen LogP contribution in [0.5, 0.6) is 0 Å². The van der Waals surface area contributed by atoms with Crippen LogP contribution in [0.4, 0.5) is 5.69 Å². The van der Waals surface area contributed by atoms with E-state index in [-0.39, 0.29) is 17.0 Å². The van der Waals surface area contributed by atoms with Gasteiger partial charge in [0.1, 0.15) is 0 Å². The second kappa shape index (κ2) is 9.32. The van der Waals surface area contributed by atoms with Gasteiger partial charge in [0.15, 0.2) is 5.78 Å². The molecule has 31 heavy (non-hydrogen) atoms. The van der Waals surface area contributed by atoms with Crippen molar-refractivity contribution in [3.63, 3.8) is 0 Å². The Balaban J connectivity index is 1.84. The SMILES string of the molecule is O=C(CBr)Nc1ccc(C2(c3ccc(Cl)cc3)OCCO2)cc1C(=O)c1ccccc1. The Morgan fingerprint density at radius 2 is 1.58 bits per heavy atom. The number of anilines is 1. The number of carbonyl (C=O) groups is 2. The van der Waals surface area contributed by atoms with E-state index >= 15 is 0 Å². The van der Waals surface area contributed by atoms with Crippen LogP contribution in [0.25, 0.3) is 0 Å². The molecule has 1 aliphatic heterocycles. The van der Waals surface area contributed by atoms with Crippen LogP contribution in [0.2, 0.25) is 5.02 Å². The van der Waals surface area contributed by atoms with Crippen LogP contribution in [-0.4, -0.2) is 30.2 Å². The number of amides is 1. The van der Waals surface area contributed by atoms with E-state index in [2.05, 4.69) is 21.2 Å². The van der Waals surface area contributed by atoms with Gasteiger partial charge in [0, 0.05) is 27.3 Å². The van der Waals surface area contributed by atoms with Crippen molar-refractivity contribution in [2.45, 2.75) is 5.79 Å². The highest BCUT2D eigenvalue weighted by molar-refractivity contribution is 9.09. The molecule has 0 radical (unpaired) electrons. The van der Waals surface area contributed by atoms with Crippen molar-refractivity contribution in [1.82, 2.24) is 0 Å². The summed E-state index contributed by atoms with van der Waals surface area (Å²) in [6.45, 7) is 0.819. The van der Waals surface area contributed by atoms with E-state index in [4.69, 9.17) is 21.1 Å². The topological polar surface area (TPSA) is 64.6 Å². The van der Waals surface area contributed by atoms with Gasteiger partial charge in [-0.2, -0.15) is 0 Å². The van der Waals surface area contributed by atoms with E-state index in [0.29, 0.717) is 40.6 Å². The van der Waals surface area contributed by atoms with Gasteiger partial charge in [-0.25, -0.2) is 0 Å². The van der Waals surface area contributed by atoms with Crippen LogP contribution in [0.15, 0.2) is 72.8 Å². The number of alkyl halides is 1. The lowest BCUT2D eigenvalue weighted by molar-refractivity contribution is -0.129. The number of carbonyl (C=O) groups excluding carboxylic acids is 2. The molecule has 1 heterocycles. The first kappa shape index (κ1) is 21.7. The summed E-state index contributed by atoms with van der Waals surface area (Å²) in [5.41, 5.74) is 2.72. The highest BCUT2D eigenvalue weighted by Gasteiger charge is 2.41. The highest BCUT2D eigenvalue weighted by Crippen LogP contribution is 2.40. The Bertz CT molecular complexity index is 1100. The van der Waals surface area contributed by atoms with E-state index in [1.54, 1.807) is 54.6 Å². The molecule has 0 saturated carbocycles. The molecule has 0 aliphatic carbocycles. The van der Waals surface area contributed by atoms with E-state index in [1.807, 2.05) is 18.2 Å². The van der Waals surface area contributed by atoms with Gasteiger partial charge in [-0.1, -0.05) is 76.1 Å². The maximum atomic E-state index is 13.3. The molecule has 158 valence electrons. The molecule has 1 N–H and O–H groups in total. The van der Waals surface area contributed by atoms with E-state index in [1.165, 1.54) is 0 Å². The summed E-state index contributed by atoms with van der Waals surface area (Å²) >= 11 is 9.20. The molecule has 0 aromatic heterocycles. The number of hydrogen-bond donors (Lipinski definition) is 1. The summed E-state index contributed by atoms with van der Waals surface area (Å²) in [6.07, 6.45) is 0. The van der Waals surface area contributed by atoms with Crippen molar-refractivity contribution >= 4 is 44.9 Å². The first-order valence-electron chi connectivity index (χ1n) is 9.67. The van der Waals surface area contributed by atoms with Crippen LogP contribution in [0, 0.1) is 0 Å². The Morgan fingerprint density at radius 3 is 2.23 bits per heavy atom. The zero-order chi connectivity index (χ0) is 21.8. The van der Waals surface area contributed by atoms with Crippen molar-refractivity contribution in [3.05, 3.63) is 100 Å². The van der Waals surface area contributed by atoms with Gasteiger partial charge in [-0.15, -0.1) is 0 Å². The number of ether oxygens (including phenoxy) is 2. The predicted octanol–water partition coefficient (Wildman–Crippen LogP) is 5.15. The summed E-state index contributed by atoms with van der Waals surface area (Å²) in [7, 11) is 0. The fourth-order valence-electron chi connectivity index (χ4n) is 3.56. The summed E-state index contributed by atoms with van der Waals surface area (Å²) in [4.78, 5) is 25.3. The lowest BCUT2D eigenvalue weighted by Crippen LogP contribution is -2.29. The van der Waals surface area contributed by atoms with Crippen molar-refractivity contribution in [1.29, 1.82) is 0 Å². The summed E-state index contributed by atoms with van der Waals surface area (Å²) in [5, 5.41) is 3.50. The molecule has 0 unspecified atom stereocenters. The Kier molecular flexibility index (Phi) is 6.53. The third-order valence-electron chi connectivity index (χ3n) is 4.99. The number of halogens is 2.